The van der Waals surface area contributed by atoms with Gasteiger partial charge in [0.1, 0.15) is 4.88 Å². The van der Waals surface area contributed by atoms with E-state index in [-0.39, 0.29) is 5.91 Å². The fourth-order valence-corrected chi connectivity index (χ4v) is 2.74. The van der Waals surface area contributed by atoms with E-state index in [9.17, 15) is 4.79 Å². The number of halogens is 1. The number of rotatable bonds is 1. The normalized spacial score (nSPS) is 26.7. The van der Waals surface area contributed by atoms with Crippen LogP contribution in [0.3, 0.4) is 0 Å². The Bertz CT molecular complexity index is 341. The van der Waals surface area contributed by atoms with Crippen LogP contribution in [-0.4, -0.2) is 33.7 Å². The van der Waals surface area contributed by atoms with Gasteiger partial charge in [0.2, 0.25) is 0 Å². The Morgan fingerprint density at radius 2 is 2.53 bits per heavy atom. The summed E-state index contributed by atoms with van der Waals surface area (Å²) in [7, 11) is 0. The molecule has 1 aromatic rings. The quantitative estimate of drug-likeness (QED) is 0.744. The van der Waals surface area contributed by atoms with Crippen molar-refractivity contribution in [2.45, 2.75) is 18.2 Å². The third-order valence-electron chi connectivity index (χ3n) is 2.73. The zero-order chi connectivity index (χ0) is 10.8. The molecule has 15 heavy (non-hydrogen) atoms. The van der Waals surface area contributed by atoms with Gasteiger partial charge in [-0.1, -0.05) is 22.9 Å². The summed E-state index contributed by atoms with van der Waals surface area (Å²) in [5.41, 5.74) is 1.70. The summed E-state index contributed by atoms with van der Waals surface area (Å²) in [6.07, 6.45) is 2.68. The van der Waals surface area contributed by atoms with Crippen LogP contribution in [0.15, 0.2) is 11.7 Å². The molecule has 0 aliphatic carbocycles. The molecule has 0 spiro atoms. The molecule has 82 valence electrons. The highest BCUT2D eigenvalue weighted by molar-refractivity contribution is 9.09. The second-order valence-corrected chi connectivity index (χ2v) is 5.96. The van der Waals surface area contributed by atoms with E-state index >= 15 is 0 Å². The maximum absolute atomic E-state index is 12.0. The van der Waals surface area contributed by atoms with Crippen molar-refractivity contribution in [3.63, 3.8) is 0 Å². The molecule has 0 aromatic carbocycles. The summed E-state index contributed by atoms with van der Waals surface area (Å²) in [5, 5.41) is 0. The second kappa shape index (κ2) is 4.61. The maximum atomic E-state index is 12.0. The van der Waals surface area contributed by atoms with Crippen LogP contribution in [0.2, 0.25) is 0 Å². The number of likely N-dealkylation sites (tertiary alicyclic amines) is 1. The predicted molar refractivity (Wildman–Crippen MR) is 64.5 cm³/mol. The lowest BCUT2D eigenvalue weighted by Crippen LogP contribution is -2.43. The summed E-state index contributed by atoms with van der Waals surface area (Å²) in [6, 6.07) is 0. The Kier molecular flexibility index (Phi) is 3.41. The highest BCUT2D eigenvalue weighted by atomic mass is 79.9. The highest BCUT2D eigenvalue weighted by Crippen LogP contribution is 2.24. The van der Waals surface area contributed by atoms with Gasteiger partial charge in [0.15, 0.2) is 0 Å². The van der Waals surface area contributed by atoms with Crippen LogP contribution in [0, 0.1) is 5.92 Å². The van der Waals surface area contributed by atoms with Gasteiger partial charge in [0, 0.05) is 17.9 Å². The number of carbonyl (C=O) groups excluding carboxylic acids is 1. The van der Waals surface area contributed by atoms with E-state index in [1.54, 1.807) is 11.7 Å². The molecule has 1 aliphatic rings. The van der Waals surface area contributed by atoms with E-state index in [0.717, 1.165) is 24.4 Å². The van der Waals surface area contributed by atoms with Crippen molar-refractivity contribution in [2.75, 3.05) is 13.1 Å². The minimum atomic E-state index is 0.128. The van der Waals surface area contributed by atoms with Gasteiger partial charge in [-0.3, -0.25) is 9.78 Å². The fraction of sp³-hybridized carbons (Fsp3) is 0.600. The summed E-state index contributed by atoms with van der Waals surface area (Å²) in [6.45, 7) is 3.86. The SMILES string of the molecule is CC1CN(C(=O)c2cncs2)CCC1Br. The lowest BCUT2D eigenvalue weighted by atomic mass is 10.00. The Labute approximate surface area is 102 Å². The van der Waals surface area contributed by atoms with Gasteiger partial charge in [-0.15, -0.1) is 11.3 Å². The second-order valence-electron chi connectivity index (χ2n) is 3.90. The number of hydrogen-bond acceptors (Lipinski definition) is 3. The summed E-state index contributed by atoms with van der Waals surface area (Å²) in [4.78, 5) is 19.1. The number of thiazole rings is 1. The van der Waals surface area contributed by atoms with Gasteiger partial charge in [-0.25, -0.2) is 0 Å². The molecule has 1 aromatic heterocycles. The first-order valence-corrected chi connectivity index (χ1v) is 6.80. The van der Waals surface area contributed by atoms with Gasteiger partial charge in [-0.05, 0) is 12.3 Å². The smallest absolute Gasteiger partial charge is 0.265 e. The molecule has 1 amide bonds. The van der Waals surface area contributed by atoms with Crippen LogP contribution in [0.1, 0.15) is 23.0 Å². The molecule has 0 N–H and O–H groups in total. The molecule has 0 saturated carbocycles. The minimum Gasteiger partial charge on any atom is -0.338 e. The standard InChI is InChI=1S/C10H13BrN2OS/c1-7-5-13(3-2-8(7)11)10(14)9-4-12-6-15-9/h4,6-8H,2-3,5H2,1H3. The molecule has 0 bridgehead atoms. The predicted octanol–water partition coefficient (Wildman–Crippen LogP) is 2.39. The van der Waals surface area contributed by atoms with Gasteiger partial charge in [0.05, 0.1) is 11.7 Å². The van der Waals surface area contributed by atoms with Crippen LogP contribution in [0.5, 0.6) is 0 Å². The van der Waals surface area contributed by atoms with Crippen LogP contribution < -0.4 is 0 Å². The molecule has 3 nitrogen and oxygen atoms in total. The van der Waals surface area contributed by atoms with E-state index in [1.807, 2.05) is 4.90 Å². The average molecular weight is 289 g/mol. The molecule has 5 heteroatoms. The molecular weight excluding hydrogens is 276 g/mol. The number of carbonyl (C=O) groups is 1. The Hall–Kier alpha value is -0.420. The van der Waals surface area contributed by atoms with Crippen molar-refractivity contribution in [3.05, 3.63) is 16.6 Å². The topological polar surface area (TPSA) is 33.2 Å². The lowest BCUT2D eigenvalue weighted by molar-refractivity contribution is 0.0695. The van der Waals surface area contributed by atoms with Gasteiger partial charge in [0.25, 0.3) is 5.91 Å². The molecule has 1 aliphatic heterocycles. The molecule has 0 radical (unpaired) electrons. The zero-order valence-electron chi connectivity index (χ0n) is 8.52. The Morgan fingerprint density at radius 1 is 1.73 bits per heavy atom. The van der Waals surface area contributed by atoms with Gasteiger partial charge in [-0.2, -0.15) is 0 Å². The number of hydrogen-bond donors (Lipinski definition) is 0. The van der Waals surface area contributed by atoms with E-state index in [0.29, 0.717) is 10.7 Å². The van der Waals surface area contributed by atoms with Gasteiger partial charge >= 0.3 is 0 Å². The van der Waals surface area contributed by atoms with Crippen LogP contribution in [0.25, 0.3) is 0 Å². The van der Waals surface area contributed by atoms with E-state index in [1.165, 1.54) is 11.3 Å². The fourth-order valence-electron chi connectivity index (χ4n) is 1.78. The van der Waals surface area contributed by atoms with Crippen molar-refractivity contribution in [3.8, 4) is 0 Å². The van der Waals surface area contributed by atoms with Crippen LogP contribution in [0.4, 0.5) is 0 Å². The van der Waals surface area contributed by atoms with E-state index in [2.05, 4.69) is 27.8 Å². The van der Waals surface area contributed by atoms with Gasteiger partial charge < -0.3 is 4.90 Å². The Morgan fingerprint density at radius 3 is 3.13 bits per heavy atom. The summed E-state index contributed by atoms with van der Waals surface area (Å²) < 4.78 is 0. The first-order valence-electron chi connectivity index (χ1n) is 5.00. The molecule has 2 heterocycles. The molecule has 1 saturated heterocycles. The molecule has 2 atom stereocenters. The maximum Gasteiger partial charge on any atom is 0.265 e. The Balaban J connectivity index is 2.03. The third kappa shape index (κ3) is 2.39. The number of alkyl halides is 1. The van der Waals surface area contributed by atoms with Crippen molar-refractivity contribution in [1.29, 1.82) is 0 Å². The van der Waals surface area contributed by atoms with Crippen molar-refractivity contribution in [1.82, 2.24) is 9.88 Å². The molecular formula is C10H13BrN2OS. The molecule has 2 rings (SSSR count). The summed E-state index contributed by atoms with van der Waals surface area (Å²) >= 11 is 5.04. The minimum absolute atomic E-state index is 0.128. The largest absolute Gasteiger partial charge is 0.338 e. The zero-order valence-corrected chi connectivity index (χ0v) is 10.9. The highest BCUT2D eigenvalue weighted by Gasteiger charge is 2.27. The average Bonchev–Trinajstić information content (AvgIpc) is 2.74. The molecule has 1 fully saturated rings. The number of aromatic nitrogens is 1. The number of nitrogens with zero attached hydrogens (tertiary/aromatic N) is 2. The van der Waals surface area contributed by atoms with Crippen LogP contribution in [-0.2, 0) is 0 Å². The van der Waals surface area contributed by atoms with E-state index in [4.69, 9.17) is 0 Å². The van der Waals surface area contributed by atoms with E-state index < -0.39 is 0 Å². The lowest BCUT2D eigenvalue weighted by Gasteiger charge is -2.34. The van der Waals surface area contributed by atoms with Crippen molar-refractivity contribution in [2.24, 2.45) is 5.92 Å². The summed E-state index contributed by atoms with van der Waals surface area (Å²) in [5.74, 6) is 0.652. The van der Waals surface area contributed by atoms with Crippen molar-refractivity contribution >= 4 is 33.2 Å². The van der Waals surface area contributed by atoms with Crippen molar-refractivity contribution < 1.29 is 4.79 Å². The number of piperidine rings is 1. The van der Waals surface area contributed by atoms with Crippen LogP contribution >= 0.6 is 27.3 Å². The third-order valence-corrected chi connectivity index (χ3v) is 4.85. The first-order chi connectivity index (χ1) is 7.18. The first kappa shape index (κ1) is 11.1. The number of amides is 1. The monoisotopic (exact) mass is 288 g/mol. The molecule has 2 unspecified atom stereocenters.